The van der Waals surface area contributed by atoms with E-state index in [4.69, 9.17) is 37.2 Å². The molecule has 0 aliphatic carbocycles. The number of tetrazole rings is 1. The SMILES string of the molecule is CCCCc1nc(Cl)c(COC(=O)CCC[C@H](CON(O)O)ON(O)O)n1Cc1ccc(-c2ccccc2-c2nnn[nH]2)cc1. The highest BCUT2D eigenvalue weighted by molar-refractivity contribution is 6.30. The molecule has 2 heterocycles. The Balaban J connectivity index is 1.42. The minimum atomic E-state index is -0.995. The number of carbonyl (C=O) groups excluding carboxylic acids is 1. The lowest BCUT2D eigenvalue weighted by molar-refractivity contribution is -0.527. The van der Waals surface area contributed by atoms with Crippen LogP contribution >= 0.6 is 11.6 Å². The maximum Gasteiger partial charge on any atom is 0.306 e. The summed E-state index contributed by atoms with van der Waals surface area (Å²) in [4.78, 5) is 26.2. The second kappa shape index (κ2) is 17.0. The summed E-state index contributed by atoms with van der Waals surface area (Å²) >= 11 is 6.54. The molecule has 2 aromatic heterocycles. The number of ether oxygens (including phenoxy) is 1. The number of H-pyrrole nitrogens is 1. The summed E-state index contributed by atoms with van der Waals surface area (Å²) in [5.74, 6) is 0.847. The number of benzene rings is 2. The number of carbonyl (C=O) groups is 1. The van der Waals surface area contributed by atoms with Gasteiger partial charge < -0.3 is 9.30 Å². The molecule has 16 nitrogen and oxygen atoms in total. The number of nitrogens with one attached hydrogen (secondary N) is 1. The number of esters is 1. The highest BCUT2D eigenvalue weighted by Crippen LogP contribution is 2.30. The maximum atomic E-state index is 12.6. The van der Waals surface area contributed by atoms with Crippen molar-refractivity contribution in [3.05, 3.63) is 70.8 Å². The van der Waals surface area contributed by atoms with Gasteiger partial charge in [-0.15, -0.1) is 5.10 Å². The van der Waals surface area contributed by atoms with Crippen molar-refractivity contribution in [2.24, 2.45) is 0 Å². The van der Waals surface area contributed by atoms with Gasteiger partial charge in [-0.2, -0.15) is 0 Å². The first kappa shape index (κ1) is 34.0. The van der Waals surface area contributed by atoms with Gasteiger partial charge in [0.2, 0.25) is 0 Å². The molecule has 2 aromatic carbocycles. The van der Waals surface area contributed by atoms with Crippen molar-refractivity contribution in [1.29, 1.82) is 0 Å². The number of imidazole rings is 1. The fraction of sp³-hybridized carbons (Fsp3) is 0.393. The molecule has 0 fully saturated rings. The fourth-order valence-corrected chi connectivity index (χ4v) is 4.94. The highest BCUT2D eigenvalue weighted by Gasteiger charge is 2.20. The topological polar surface area (TPSA) is 204 Å². The number of aryl methyl sites for hydroxylation is 1. The smallest absolute Gasteiger partial charge is 0.306 e. The molecule has 0 saturated carbocycles. The Morgan fingerprint density at radius 1 is 1.04 bits per heavy atom. The van der Waals surface area contributed by atoms with Crippen LogP contribution in [-0.2, 0) is 38.8 Å². The van der Waals surface area contributed by atoms with Gasteiger partial charge in [-0.05, 0) is 46.4 Å². The number of unbranched alkanes of at least 4 members (excludes halogenated alkanes) is 1. The van der Waals surface area contributed by atoms with Crippen LogP contribution in [0, 0.1) is 0 Å². The summed E-state index contributed by atoms with van der Waals surface area (Å²) in [6, 6.07) is 15.9. The van der Waals surface area contributed by atoms with Crippen LogP contribution in [0.2, 0.25) is 5.15 Å². The molecule has 1 atom stereocenters. The number of aromatic amines is 1. The van der Waals surface area contributed by atoms with Crippen molar-refractivity contribution in [2.45, 2.75) is 64.7 Å². The molecule has 4 aromatic rings. The molecule has 242 valence electrons. The maximum absolute atomic E-state index is 12.6. The number of rotatable bonds is 18. The largest absolute Gasteiger partial charge is 0.459 e. The first-order valence-corrected chi connectivity index (χ1v) is 14.6. The zero-order valence-corrected chi connectivity index (χ0v) is 25.2. The van der Waals surface area contributed by atoms with Gasteiger partial charge >= 0.3 is 5.97 Å². The van der Waals surface area contributed by atoms with Gasteiger partial charge in [0.15, 0.2) is 11.0 Å². The average molecular weight is 647 g/mol. The molecule has 0 saturated heterocycles. The minimum absolute atomic E-state index is 0.0276. The monoisotopic (exact) mass is 646 g/mol. The summed E-state index contributed by atoms with van der Waals surface area (Å²) in [5, 5.41) is 48.6. The lowest BCUT2D eigenvalue weighted by Crippen LogP contribution is -2.31. The van der Waals surface area contributed by atoms with Gasteiger partial charge in [0.1, 0.15) is 25.1 Å². The van der Waals surface area contributed by atoms with E-state index < -0.39 is 29.5 Å². The van der Waals surface area contributed by atoms with Gasteiger partial charge in [-0.3, -0.25) is 25.6 Å². The summed E-state index contributed by atoms with van der Waals surface area (Å²) in [6.07, 6.45) is 1.89. The Kier molecular flexibility index (Phi) is 12.9. The number of hydrogen-bond donors (Lipinski definition) is 5. The van der Waals surface area contributed by atoms with E-state index in [-0.39, 0.29) is 31.0 Å². The average Bonchev–Trinajstić information content (AvgIpc) is 3.66. The van der Waals surface area contributed by atoms with Crippen molar-refractivity contribution in [1.82, 2.24) is 41.0 Å². The van der Waals surface area contributed by atoms with Crippen LogP contribution in [0.3, 0.4) is 0 Å². The van der Waals surface area contributed by atoms with Crippen molar-refractivity contribution < 1.29 is 40.0 Å². The van der Waals surface area contributed by atoms with Gasteiger partial charge in [0, 0.05) is 24.9 Å². The Morgan fingerprint density at radius 3 is 2.47 bits per heavy atom. The van der Waals surface area contributed by atoms with E-state index in [0.717, 1.165) is 40.9 Å². The predicted octanol–water partition coefficient (Wildman–Crippen LogP) is 4.38. The van der Waals surface area contributed by atoms with Crippen molar-refractivity contribution in [3.8, 4) is 22.5 Å². The third-order valence-corrected chi connectivity index (χ3v) is 7.19. The number of nitrogens with zero attached hydrogens (tertiary/aromatic N) is 7. The molecule has 5 N–H and O–H groups in total. The molecule has 4 rings (SSSR count). The van der Waals surface area contributed by atoms with E-state index in [1.54, 1.807) is 0 Å². The van der Waals surface area contributed by atoms with Crippen molar-refractivity contribution >= 4 is 17.6 Å². The molecule has 0 bridgehead atoms. The van der Waals surface area contributed by atoms with Gasteiger partial charge in [0.05, 0.1) is 16.5 Å². The highest BCUT2D eigenvalue weighted by atomic mass is 35.5. The molecule has 17 heteroatoms. The molecule has 0 radical (unpaired) electrons. The van der Waals surface area contributed by atoms with Gasteiger partial charge in [-0.1, -0.05) is 73.5 Å². The summed E-state index contributed by atoms with van der Waals surface area (Å²) in [6.45, 7) is 2.03. The second-order valence-electron chi connectivity index (χ2n) is 10.0. The lowest BCUT2D eigenvalue weighted by atomic mass is 9.98. The first-order chi connectivity index (χ1) is 21.7. The second-order valence-corrected chi connectivity index (χ2v) is 10.4. The van der Waals surface area contributed by atoms with Gasteiger partial charge in [0.25, 0.3) is 0 Å². The molecule has 0 aliphatic heterocycles. The van der Waals surface area contributed by atoms with Gasteiger partial charge in [-0.25, -0.2) is 19.8 Å². The van der Waals surface area contributed by atoms with Crippen LogP contribution in [-0.4, -0.2) is 80.5 Å². The summed E-state index contributed by atoms with van der Waals surface area (Å²) in [7, 11) is 0. The Bertz CT molecular complexity index is 1480. The molecular formula is C28H35ClN8O8. The van der Waals surface area contributed by atoms with Crippen LogP contribution in [0.4, 0.5) is 0 Å². The molecule has 0 amide bonds. The predicted molar refractivity (Wildman–Crippen MR) is 155 cm³/mol. The van der Waals surface area contributed by atoms with Crippen LogP contribution in [0.15, 0.2) is 48.5 Å². The molecule has 0 unspecified atom stereocenters. The zero-order valence-electron chi connectivity index (χ0n) is 24.5. The summed E-state index contributed by atoms with van der Waals surface area (Å²) < 4.78 is 7.49. The van der Waals surface area contributed by atoms with Crippen LogP contribution in [0.25, 0.3) is 22.5 Å². The number of halogens is 1. The normalized spacial score (nSPS) is 12.3. The van der Waals surface area contributed by atoms with E-state index in [1.807, 2.05) is 53.1 Å². The quantitative estimate of drug-likeness (QED) is 0.0752. The van der Waals surface area contributed by atoms with Crippen molar-refractivity contribution in [3.63, 3.8) is 0 Å². The van der Waals surface area contributed by atoms with Crippen LogP contribution in [0.5, 0.6) is 0 Å². The zero-order chi connectivity index (χ0) is 32.2. The van der Waals surface area contributed by atoms with E-state index in [0.29, 0.717) is 24.5 Å². The first-order valence-electron chi connectivity index (χ1n) is 14.2. The molecule has 0 spiro atoms. The molecular weight excluding hydrogens is 612 g/mol. The van der Waals surface area contributed by atoms with E-state index in [9.17, 15) is 4.79 Å². The Hall–Kier alpha value is -3.84. The number of aromatic nitrogens is 6. The van der Waals surface area contributed by atoms with Crippen LogP contribution in [0.1, 0.15) is 56.1 Å². The van der Waals surface area contributed by atoms with E-state index >= 15 is 0 Å². The summed E-state index contributed by atoms with van der Waals surface area (Å²) in [5.41, 5.74) is 4.41. The van der Waals surface area contributed by atoms with Crippen LogP contribution < -0.4 is 0 Å². The minimum Gasteiger partial charge on any atom is -0.459 e. The third-order valence-electron chi connectivity index (χ3n) is 6.89. The van der Waals surface area contributed by atoms with Crippen molar-refractivity contribution in [2.75, 3.05) is 6.61 Å². The number of hydrogen-bond acceptors (Lipinski definition) is 14. The molecule has 0 aliphatic rings. The lowest BCUT2D eigenvalue weighted by Gasteiger charge is -2.18. The van der Waals surface area contributed by atoms with E-state index in [1.165, 1.54) is 0 Å². The molecule has 45 heavy (non-hydrogen) atoms. The standard InChI is InChI=1S/C28H35ClN8O8/c1-2-3-10-25-30-27(29)24(18-43-26(38)11-6-7-21(45-37(41)42)17-44-36(39)40)35(25)16-19-12-14-20(15-13-19)22-8-4-5-9-23(22)28-31-33-34-32-28/h4-5,8-9,12-15,21,39-42H,2-3,6-7,10-11,16-18H2,1H3,(H,31,32,33,34)/t21-/m1/s1. The Labute approximate surface area is 263 Å². The fourth-order valence-electron chi connectivity index (χ4n) is 4.69. The third kappa shape index (κ3) is 10.1. The Morgan fingerprint density at radius 2 is 1.80 bits per heavy atom. The van der Waals surface area contributed by atoms with E-state index in [2.05, 4.69) is 42.2 Å².